The second-order valence-electron chi connectivity index (χ2n) is 5.55. The molecule has 24 heavy (non-hydrogen) atoms. The molecule has 4 N–H and O–H groups in total. The first-order chi connectivity index (χ1) is 11.5. The largest absolute Gasteiger partial charge is 0.325 e. The average Bonchev–Trinajstić information content (AvgIpc) is 3.11. The number of hydrogen-bond donors (Lipinski definition) is 3. The first-order valence-electron chi connectivity index (χ1n) is 7.19. The number of aromatic nitrogens is 2. The summed E-state index contributed by atoms with van der Waals surface area (Å²) < 4.78 is 18.3. The Morgan fingerprint density at radius 2 is 2.29 bits per heavy atom. The number of nitrogens with one attached hydrogen (secondary N) is 1. The molecule has 0 amide bonds. The van der Waals surface area contributed by atoms with Crippen LogP contribution < -0.4 is 11.2 Å². The van der Waals surface area contributed by atoms with E-state index < -0.39 is 5.82 Å². The van der Waals surface area contributed by atoms with E-state index in [2.05, 4.69) is 31.2 Å². The van der Waals surface area contributed by atoms with Crippen LogP contribution in [0.2, 0.25) is 0 Å². The monoisotopic (exact) mass is 415 g/mol. The van der Waals surface area contributed by atoms with Crippen molar-refractivity contribution < 1.29 is 14.2 Å². The smallest absolute Gasteiger partial charge is 0.186 e. The molecule has 128 valence electrons. The molecule has 2 aromatic rings. The van der Waals surface area contributed by atoms with Crippen molar-refractivity contribution in [3.05, 3.63) is 34.2 Å². The van der Waals surface area contributed by atoms with E-state index in [4.69, 9.17) is 10.4 Å². The molecule has 1 aromatic carbocycles. The normalized spacial score (nSPS) is 16.2. The molecular formula is C14H15BrFN5O2S. The molecule has 1 fully saturated rings. The van der Waals surface area contributed by atoms with Gasteiger partial charge in [0.1, 0.15) is 5.82 Å². The Kier molecular flexibility index (Phi) is 5.18. The maximum absolute atomic E-state index is 13.3. The Labute approximate surface area is 149 Å². The van der Waals surface area contributed by atoms with Crippen LogP contribution in [0.25, 0.3) is 0 Å². The molecule has 0 radical (unpaired) electrons. The summed E-state index contributed by atoms with van der Waals surface area (Å²) >= 11 is 4.52. The van der Waals surface area contributed by atoms with Crippen molar-refractivity contribution in [2.24, 2.45) is 10.7 Å². The summed E-state index contributed by atoms with van der Waals surface area (Å²) in [6.45, 7) is 0. The Morgan fingerprint density at radius 1 is 1.50 bits per heavy atom. The van der Waals surface area contributed by atoms with Gasteiger partial charge in [0.15, 0.2) is 16.6 Å². The van der Waals surface area contributed by atoms with Crippen LogP contribution in [0.4, 0.5) is 10.1 Å². The molecule has 0 saturated heterocycles. The number of nitrogens with zero attached hydrogens (tertiary/aromatic N) is 3. The van der Waals surface area contributed by atoms with E-state index >= 15 is 0 Å². The Morgan fingerprint density at radius 3 is 2.96 bits per heavy atom. The molecule has 3 rings (SSSR count). The van der Waals surface area contributed by atoms with Crippen LogP contribution in [0.1, 0.15) is 25.0 Å². The topological polar surface area (TPSA) is 110 Å². The zero-order valence-corrected chi connectivity index (χ0v) is 14.9. The fourth-order valence-electron chi connectivity index (χ4n) is 2.00. The number of halogens is 2. The summed E-state index contributed by atoms with van der Waals surface area (Å²) in [6, 6.07) is 4.23. The van der Waals surface area contributed by atoms with Gasteiger partial charge in [-0.1, -0.05) is 0 Å². The number of thioether (sulfide) groups is 1. The molecule has 0 bridgehead atoms. The van der Waals surface area contributed by atoms with Gasteiger partial charge in [0.25, 0.3) is 0 Å². The number of aliphatic imine (C=N–C) groups is 1. The van der Waals surface area contributed by atoms with Crippen LogP contribution in [0.5, 0.6) is 0 Å². The molecule has 0 atom stereocenters. The standard InChI is InChI=1S/C14H15BrFN5O2S/c15-9-7-8(1-2-10(9)16)18-12(19-22)11-13(21-23-20-11)24-6-5-14(17)3-4-14/h1-2,7,22H,3-6,17H2,(H,18,19). The summed E-state index contributed by atoms with van der Waals surface area (Å²) in [4.78, 5) is 4.21. The first-order valence-corrected chi connectivity index (χ1v) is 8.97. The van der Waals surface area contributed by atoms with Crippen molar-refractivity contribution in [1.29, 1.82) is 0 Å². The SMILES string of the molecule is NC1(CCSc2nonc2C(=Nc2ccc(F)c(Br)c2)NO)CC1. The highest BCUT2D eigenvalue weighted by Crippen LogP contribution is 2.37. The maximum atomic E-state index is 13.3. The van der Waals surface area contributed by atoms with Gasteiger partial charge in [0.2, 0.25) is 0 Å². The summed E-state index contributed by atoms with van der Waals surface area (Å²) in [5.41, 5.74) is 8.71. The van der Waals surface area contributed by atoms with Gasteiger partial charge < -0.3 is 5.73 Å². The van der Waals surface area contributed by atoms with E-state index in [0.29, 0.717) is 10.7 Å². The second kappa shape index (κ2) is 7.18. The minimum atomic E-state index is -0.400. The molecule has 1 aliphatic rings. The highest BCUT2D eigenvalue weighted by molar-refractivity contribution is 9.10. The van der Waals surface area contributed by atoms with Gasteiger partial charge in [-0.2, -0.15) is 0 Å². The molecule has 1 heterocycles. The predicted octanol–water partition coefficient (Wildman–Crippen LogP) is 3.00. The minimum Gasteiger partial charge on any atom is -0.325 e. The van der Waals surface area contributed by atoms with Crippen molar-refractivity contribution in [2.45, 2.75) is 29.8 Å². The maximum Gasteiger partial charge on any atom is 0.186 e. The van der Waals surface area contributed by atoms with E-state index in [-0.39, 0.29) is 21.5 Å². The van der Waals surface area contributed by atoms with E-state index in [1.165, 1.54) is 30.0 Å². The quantitative estimate of drug-likeness (QED) is 0.287. The number of nitrogens with two attached hydrogens (primary N) is 1. The lowest BCUT2D eigenvalue weighted by atomic mass is 10.2. The average molecular weight is 416 g/mol. The van der Waals surface area contributed by atoms with E-state index in [1.54, 1.807) is 0 Å². The lowest BCUT2D eigenvalue weighted by molar-refractivity contribution is 0.234. The number of benzene rings is 1. The minimum absolute atomic E-state index is 0.0448. The van der Waals surface area contributed by atoms with Gasteiger partial charge >= 0.3 is 0 Å². The van der Waals surface area contributed by atoms with Gasteiger partial charge in [-0.25, -0.2) is 14.0 Å². The van der Waals surface area contributed by atoms with Crippen molar-refractivity contribution in [3.63, 3.8) is 0 Å². The van der Waals surface area contributed by atoms with E-state index in [9.17, 15) is 9.60 Å². The Bertz CT molecular complexity index is 765. The molecule has 0 unspecified atom stereocenters. The van der Waals surface area contributed by atoms with Crippen molar-refractivity contribution >= 4 is 39.2 Å². The van der Waals surface area contributed by atoms with Crippen LogP contribution in [0.3, 0.4) is 0 Å². The van der Waals surface area contributed by atoms with Gasteiger partial charge in [0, 0.05) is 11.3 Å². The van der Waals surface area contributed by atoms with Gasteiger partial charge in [0.05, 0.1) is 10.2 Å². The van der Waals surface area contributed by atoms with Crippen LogP contribution in [-0.2, 0) is 0 Å². The third-order valence-corrected chi connectivity index (χ3v) is 5.22. The van der Waals surface area contributed by atoms with E-state index in [1.807, 2.05) is 5.48 Å². The molecule has 0 spiro atoms. The Hall–Kier alpha value is -1.49. The molecule has 1 saturated carbocycles. The molecule has 10 heteroatoms. The number of amidine groups is 1. The summed E-state index contributed by atoms with van der Waals surface area (Å²) in [6.07, 6.45) is 2.96. The zero-order chi connectivity index (χ0) is 17.2. The van der Waals surface area contributed by atoms with Crippen molar-refractivity contribution in [1.82, 2.24) is 15.8 Å². The molecule has 7 nitrogen and oxygen atoms in total. The lowest BCUT2D eigenvalue weighted by Gasteiger charge is -2.07. The molecule has 1 aromatic heterocycles. The van der Waals surface area contributed by atoms with Crippen LogP contribution in [0, 0.1) is 5.82 Å². The first kappa shape index (κ1) is 17.3. The third-order valence-electron chi connectivity index (χ3n) is 3.66. The summed E-state index contributed by atoms with van der Waals surface area (Å²) in [7, 11) is 0. The number of hydrogen-bond acceptors (Lipinski definition) is 7. The fraction of sp³-hybridized carbons (Fsp3) is 0.357. The van der Waals surface area contributed by atoms with Crippen LogP contribution in [0.15, 0.2) is 37.3 Å². The third kappa shape index (κ3) is 4.12. The highest BCUT2D eigenvalue weighted by atomic mass is 79.9. The van der Waals surface area contributed by atoms with Crippen molar-refractivity contribution in [3.8, 4) is 0 Å². The van der Waals surface area contributed by atoms with Crippen molar-refractivity contribution in [2.75, 3.05) is 5.75 Å². The Balaban J connectivity index is 1.76. The second-order valence-corrected chi connectivity index (χ2v) is 7.49. The zero-order valence-electron chi connectivity index (χ0n) is 12.5. The van der Waals surface area contributed by atoms with Gasteiger partial charge in [-0.15, -0.1) is 11.8 Å². The van der Waals surface area contributed by atoms with Gasteiger partial charge in [-0.05, 0) is 63.7 Å². The van der Waals surface area contributed by atoms with E-state index in [0.717, 1.165) is 25.0 Å². The number of rotatable bonds is 6. The highest BCUT2D eigenvalue weighted by Gasteiger charge is 2.37. The molecular weight excluding hydrogens is 401 g/mol. The van der Waals surface area contributed by atoms with Crippen LogP contribution in [-0.4, -0.2) is 32.6 Å². The molecule has 0 aliphatic heterocycles. The van der Waals surface area contributed by atoms with Crippen LogP contribution >= 0.6 is 27.7 Å². The van der Waals surface area contributed by atoms with Gasteiger partial charge in [-0.3, -0.25) is 10.7 Å². The summed E-state index contributed by atoms with van der Waals surface area (Å²) in [5, 5.41) is 17.5. The predicted molar refractivity (Wildman–Crippen MR) is 91.0 cm³/mol. The fourth-order valence-corrected chi connectivity index (χ4v) is 3.42. The molecule has 1 aliphatic carbocycles. The lowest BCUT2D eigenvalue weighted by Crippen LogP contribution is -2.22. The summed E-state index contributed by atoms with van der Waals surface area (Å²) in [5.74, 6) is 0.423. The number of hydroxylamine groups is 1.